The molecule has 1 atom stereocenters. The molecule has 0 saturated heterocycles. The second-order valence-electron chi connectivity index (χ2n) is 4.43. The van der Waals surface area contributed by atoms with E-state index >= 15 is 0 Å². The molecule has 2 rings (SSSR count). The van der Waals surface area contributed by atoms with Crippen LogP contribution in [-0.2, 0) is 0 Å². The van der Waals surface area contributed by atoms with Crippen LogP contribution in [0, 0.1) is 5.82 Å². The Morgan fingerprint density at radius 3 is 2.70 bits per heavy atom. The Bertz CT molecular complexity index is 621. The van der Waals surface area contributed by atoms with Gasteiger partial charge >= 0.3 is 0 Å². The van der Waals surface area contributed by atoms with E-state index in [0.29, 0.717) is 10.7 Å². The Kier molecular flexibility index (Phi) is 4.89. The molecule has 2 nitrogen and oxygen atoms in total. The molecule has 0 heterocycles. The van der Waals surface area contributed by atoms with E-state index in [1.165, 1.54) is 12.1 Å². The molecule has 0 spiro atoms. The van der Waals surface area contributed by atoms with Crippen molar-refractivity contribution in [2.75, 3.05) is 5.32 Å². The zero-order valence-corrected chi connectivity index (χ0v) is 13.2. The lowest BCUT2D eigenvalue weighted by molar-refractivity contribution is 0.462. The summed E-state index contributed by atoms with van der Waals surface area (Å²) in [5.41, 5.74) is 1.40. The van der Waals surface area contributed by atoms with Crippen LogP contribution < -0.4 is 5.32 Å². The summed E-state index contributed by atoms with van der Waals surface area (Å²) in [6.45, 7) is 2.00. The maximum absolute atomic E-state index is 13.0. The predicted octanol–water partition coefficient (Wildman–Crippen LogP) is 5.51. The summed E-state index contributed by atoms with van der Waals surface area (Å²) in [7, 11) is 0. The average molecular weight is 359 g/mol. The van der Waals surface area contributed by atoms with Gasteiger partial charge in [0.2, 0.25) is 0 Å². The highest BCUT2D eigenvalue weighted by Gasteiger charge is 2.15. The average Bonchev–Trinajstić information content (AvgIpc) is 2.41. The third kappa shape index (κ3) is 3.44. The first-order chi connectivity index (χ1) is 9.51. The lowest BCUT2D eigenvalue weighted by Gasteiger charge is -2.21. The van der Waals surface area contributed by atoms with Crippen molar-refractivity contribution >= 4 is 33.2 Å². The van der Waals surface area contributed by atoms with Gasteiger partial charge in [0.15, 0.2) is 0 Å². The number of nitrogens with one attached hydrogen (secondary N) is 1. The van der Waals surface area contributed by atoms with E-state index in [4.69, 9.17) is 11.6 Å². The number of rotatable bonds is 4. The molecule has 2 aromatic rings. The van der Waals surface area contributed by atoms with E-state index in [-0.39, 0.29) is 17.6 Å². The van der Waals surface area contributed by atoms with Crippen LogP contribution in [0.1, 0.15) is 24.9 Å². The normalized spacial score (nSPS) is 12.2. The predicted molar refractivity (Wildman–Crippen MR) is 83.9 cm³/mol. The molecule has 0 aliphatic carbocycles. The fourth-order valence-electron chi connectivity index (χ4n) is 2.00. The number of hydrogen-bond donors (Lipinski definition) is 2. The van der Waals surface area contributed by atoms with E-state index in [9.17, 15) is 9.50 Å². The van der Waals surface area contributed by atoms with Crippen LogP contribution in [0.15, 0.2) is 40.9 Å². The maximum atomic E-state index is 13.0. The third-order valence-electron chi connectivity index (χ3n) is 3.03. The fourth-order valence-corrected chi connectivity index (χ4v) is 2.60. The molecule has 0 radical (unpaired) electrons. The van der Waals surface area contributed by atoms with Crippen LogP contribution in [0.4, 0.5) is 10.1 Å². The number of halogens is 3. The topological polar surface area (TPSA) is 32.3 Å². The highest BCUT2D eigenvalue weighted by molar-refractivity contribution is 9.10. The second-order valence-corrected chi connectivity index (χ2v) is 5.76. The van der Waals surface area contributed by atoms with Crippen LogP contribution in [-0.4, -0.2) is 5.11 Å². The Morgan fingerprint density at radius 2 is 2.05 bits per heavy atom. The monoisotopic (exact) mass is 357 g/mol. The standard InChI is InChI=1S/C15H14BrClFNO/c1-2-13(11-7-9(16)3-6-15(11)20)19-14-5-4-10(18)8-12(14)17/h3-8,13,19-20H,2H2,1H3. The quantitative estimate of drug-likeness (QED) is 0.755. The summed E-state index contributed by atoms with van der Waals surface area (Å²) >= 11 is 9.40. The van der Waals surface area contributed by atoms with Gasteiger partial charge in [0, 0.05) is 10.0 Å². The minimum atomic E-state index is -0.376. The highest BCUT2D eigenvalue weighted by Crippen LogP contribution is 2.33. The van der Waals surface area contributed by atoms with Crippen molar-refractivity contribution in [2.24, 2.45) is 0 Å². The molecule has 2 aromatic carbocycles. The van der Waals surface area contributed by atoms with E-state index in [2.05, 4.69) is 21.2 Å². The summed E-state index contributed by atoms with van der Waals surface area (Å²) in [6, 6.07) is 9.35. The summed E-state index contributed by atoms with van der Waals surface area (Å²) < 4.78 is 13.9. The lowest BCUT2D eigenvalue weighted by atomic mass is 10.0. The molecule has 106 valence electrons. The number of benzene rings is 2. The minimum Gasteiger partial charge on any atom is -0.508 e. The largest absolute Gasteiger partial charge is 0.508 e. The van der Waals surface area contributed by atoms with Crippen molar-refractivity contribution in [2.45, 2.75) is 19.4 Å². The Hall–Kier alpha value is -1.26. The van der Waals surface area contributed by atoms with Gasteiger partial charge in [0.05, 0.1) is 16.8 Å². The van der Waals surface area contributed by atoms with E-state index in [1.807, 2.05) is 13.0 Å². The van der Waals surface area contributed by atoms with Crippen molar-refractivity contribution in [3.63, 3.8) is 0 Å². The fraction of sp³-hybridized carbons (Fsp3) is 0.200. The van der Waals surface area contributed by atoms with Crippen LogP contribution in [0.2, 0.25) is 5.02 Å². The van der Waals surface area contributed by atoms with E-state index in [0.717, 1.165) is 16.5 Å². The summed E-state index contributed by atoms with van der Waals surface area (Å²) in [6.07, 6.45) is 0.748. The van der Waals surface area contributed by atoms with E-state index in [1.54, 1.807) is 18.2 Å². The molecular weight excluding hydrogens is 345 g/mol. The summed E-state index contributed by atoms with van der Waals surface area (Å²) in [4.78, 5) is 0. The molecule has 5 heteroatoms. The van der Waals surface area contributed by atoms with Crippen LogP contribution >= 0.6 is 27.5 Å². The smallest absolute Gasteiger partial charge is 0.124 e. The Labute approximate surface area is 130 Å². The molecule has 20 heavy (non-hydrogen) atoms. The molecule has 0 bridgehead atoms. The molecule has 0 fully saturated rings. The van der Waals surface area contributed by atoms with Crippen LogP contribution in [0.5, 0.6) is 5.75 Å². The first kappa shape index (κ1) is 15.1. The Morgan fingerprint density at radius 1 is 1.30 bits per heavy atom. The van der Waals surface area contributed by atoms with Crippen molar-refractivity contribution in [1.82, 2.24) is 0 Å². The van der Waals surface area contributed by atoms with Crippen LogP contribution in [0.3, 0.4) is 0 Å². The third-order valence-corrected chi connectivity index (χ3v) is 3.84. The first-order valence-electron chi connectivity index (χ1n) is 6.21. The van der Waals surface area contributed by atoms with Gasteiger partial charge in [-0.3, -0.25) is 0 Å². The molecular formula is C15H14BrClFNO. The number of aromatic hydroxyl groups is 1. The molecule has 0 aromatic heterocycles. The van der Waals surface area contributed by atoms with Gasteiger partial charge in [-0.15, -0.1) is 0 Å². The molecule has 2 N–H and O–H groups in total. The van der Waals surface area contributed by atoms with Gasteiger partial charge in [-0.1, -0.05) is 34.5 Å². The van der Waals surface area contributed by atoms with Gasteiger partial charge < -0.3 is 10.4 Å². The Balaban J connectivity index is 2.31. The molecule has 0 aliphatic rings. The minimum absolute atomic E-state index is 0.115. The van der Waals surface area contributed by atoms with Gasteiger partial charge in [0.25, 0.3) is 0 Å². The zero-order chi connectivity index (χ0) is 14.7. The van der Waals surface area contributed by atoms with Gasteiger partial charge in [-0.05, 0) is 42.8 Å². The van der Waals surface area contributed by atoms with Gasteiger partial charge in [-0.25, -0.2) is 4.39 Å². The lowest BCUT2D eigenvalue weighted by Crippen LogP contribution is -2.10. The van der Waals surface area contributed by atoms with Crippen molar-refractivity contribution in [1.29, 1.82) is 0 Å². The molecule has 0 aliphatic heterocycles. The molecule has 1 unspecified atom stereocenters. The maximum Gasteiger partial charge on any atom is 0.124 e. The summed E-state index contributed by atoms with van der Waals surface area (Å²) in [5.74, 6) is -0.162. The zero-order valence-electron chi connectivity index (χ0n) is 10.8. The van der Waals surface area contributed by atoms with Crippen molar-refractivity contribution in [3.05, 3.63) is 57.3 Å². The van der Waals surface area contributed by atoms with Crippen LogP contribution in [0.25, 0.3) is 0 Å². The molecule has 0 saturated carbocycles. The van der Waals surface area contributed by atoms with Crippen molar-refractivity contribution < 1.29 is 9.50 Å². The van der Waals surface area contributed by atoms with E-state index < -0.39 is 0 Å². The molecule has 0 amide bonds. The number of phenolic OH excluding ortho intramolecular Hbond substituents is 1. The second kappa shape index (κ2) is 6.46. The number of anilines is 1. The van der Waals surface area contributed by atoms with Gasteiger partial charge in [0.1, 0.15) is 11.6 Å². The number of phenols is 1. The van der Waals surface area contributed by atoms with Gasteiger partial charge in [-0.2, -0.15) is 0 Å². The number of hydrogen-bond acceptors (Lipinski definition) is 2. The first-order valence-corrected chi connectivity index (χ1v) is 7.38. The summed E-state index contributed by atoms with van der Waals surface area (Å²) in [5, 5.41) is 13.5. The highest BCUT2D eigenvalue weighted by atomic mass is 79.9. The SMILES string of the molecule is CCC(Nc1ccc(F)cc1Cl)c1cc(Br)ccc1O. The van der Waals surface area contributed by atoms with Crippen molar-refractivity contribution in [3.8, 4) is 5.75 Å².